The smallest absolute Gasteiger partial charge is 0.390 e. The molecule has 0 aliphatic heterocycles. The van der Waals surface area contributed by atoms with Gasteiger partial charge in [-0.15, -0.1) is 0 Å². The Bertz CT molecular complexity index is 370. The van der Waals surface area contributed by atoms with E-state index in [4.69, 9.17) is 4.74 Å². The number of rotatable bonds is 5. The molecule has 102 valence electrons. The van der Waals surface area contributed by atoms with Crippen molar-refractivity contribution in [3.05, 3.63) is 0 Å². The summed E-state index contributed by atoms with van der Waals surface area (Å²) in [7, 11) is -3.92. The molecular weight excluding hydrogens is 261 g/mol. The van der Waals surface area contributed by atoms with Gasteiger partial charge in [-0.3, -0.25) is 4.79 Å². The molecule has 0 radical (unpaired) electrons. The molecule has 17 heavy (non-hydrogen) atoms. The molecule has 0 unspecified atom stereocenters. The largest absolute Gasteiger partial charge is 0.459 e. The number of hydrogen-bond donors (Lipinski definition) is 0. The van der Waals surface area contributed by atoms with E-state index in [1.807, 2.05) is 0 Å². The third-order valence-corrected chi connectivity index (χ3v) is 3.65. The van der Waals surface area contributed by atoms with Crippen LogP contribution in [0.2, 0.25) is 0 Å². The van der Waals surface area contributed by atoms with E-state index in [-0.39, 0.29) is 0 Å². The maximum absolute atomic E-state index is 11.9. The lowest BCUT2D eigenvalue weighted by atomic mass is 10.2. The molecule has 0 heterocycles. The number of alkyl halides is 3. The number of hydrogen-bond acceptors (Lipinski definition) is 4. The summed E-state index contributed by atoms with van der Waals surface area (Å²) < 4.78 is 63.1. The van der Waals surface area contributed by atoms with Gasteiger partial charge in [-0.25, -0.2) is 8.42 Å². The minimum Gasteiger partial charge on any atom is -0.459 e. The van der Waals surface area contributed by atoms with Gasteiger partial charge in [-0.2, -0.15) is 13.2 Å². The van der Waals surface area contributed by atoms with E-state index in [0.717, 1.165) is 6.92 Å². The van der Waals surface area contributed by atoms with Gasteiger partial charge in [0.05, 0.1) is 17.9 Å². The second-order valence-corrected chi connectivity index (χ2v) is 6.49. The molecule has 0 aromatic heterocycles. The van der Waals surface area contributed by atoms with Crippen LogP contribution >= 0.6 is 0 Å². The highest BCUT2D eigenvalue weighted by Gasteiger charge is 2.34. The fourth-order valence-electron chi connectivity index (χ4n) is 1.29. The van der Waals surface area contributed by atoms with Crippen LogP contribution in [-0.2, 0) is 19.4 Å². The Kier molecular flexibility index (Phi) is 5.00. The van der Waals surface area contributed by atoms with E-state index in [0.29, 0.717) is 0 Å². The first-order valence-electron chi connectivity index (χ1n) is 4.80. The lowest BCUT2D eigenvalue weighted by Gasteiger charge is -2.24. The molecule has 0 saturated heterocycles. The number of carbonyl (C=O) groups is 1. The standard InChI is InChI=1S/C9H15F3O4S/c1-7(13)16-8(2,3)6-17(14,15)5-4-9(10,11)12/h4-6H2,1-3H3. The molecule has 0 amide bonds. The minimum absolute atomic E-state index is 0.629. The van der Waals surface area contributed by atoms with Crippen molar-refractivity contribution in [3.63, 3.8) is 0 Å². The van der Waals surface area contributed by atoms with Crippen molar-refractivity contribution in [3.8, 4) is 0 Å². The first kappa shape index (κ1) is 16.2. The zero-order chi connectivity index (χ0) is 13.9. The van der Waals surface area contributed by atoms with Crippen LogP contribution in [0.3, 0.4) is 0 Å². The van der Waals surface area contributed by atoms with Gasteiger partial charge in [0, 0.05) is 6.92 Å². The molecule has 0 aromatic carbocycles. The van der Waals surface area contributed by atoms with Crippen molar-refractivity contribution >= 4 is 15.8 Å². The molecule has 0 aliphatic carbocycles. The fourth-order valence-corrected chi connectivity index (χ4v) is 3.10. The summed E-state index contributed by atoms with van der Waals surface area (Å²) in [6.07, 6.45) is -5.91. The zero-order valence-electron chi connectivity index (χ0n) is 9.80. The molecule has 0 aromatic rings. The van der Waals surface area contributed by atoms with Crippen molar-refractivity contribution in [2.24, 2.45) is 0 Å². The summed E-state index contributed by atoms with van der Waals surface area (Å²) in [5, 5.41) is 0. The lowest BCUT2D eigenvalue weighted by molar-refractivity contribution is -0.151. The van der Waals surface area contributed by atoms with Gasteiger partial charge >= 0.3 is 12.1 Å². The van der Waals surface area contributed by atoms with Crippen LogP contribution in [0.4, 0.5) is 13.2 Å². The Morgan fingerprint density at radius 1 is 1.24 bits per heavy atom. The molecule has 0 fully saturated rings. The maximum Gasteiger partial charge on any atom is 0.390 e. The summed E-state index contributed by atoms with van der Waals surface area (Å²) in [5.74, 6) is -2.31. The number of halogens is 3. The van der Waals surface area contributed by atoms with Crippen molar-refractivity contribution in [2.75, 3.05) is 11.5 Å². The van der Waals surface area contributed by atoms with Gasteiger partial charge in [-0.05, 0) is 13.8 Å². The second-order valence-electron chi connectivity index (χ2n) is 4.31. The van der Waals surface area contributed by atoms with E-state index < -0.39 is 45.5 Å². The van der Waals surface area contributed by atoms with Gasteiger partial charge in [0.1, 0.15) is 5.60 Å². The molecule has 0 bridgehead atoms. The third-order valence-electron chi connectivity index (χ3n) is 1.68. The predicted octanol–water partition coefficient (Wildman–Crippen LogP) is 1.70. The number of carbonyl (C=O) groups excluding carboxylic acids is 1. The van der Waals surface area contributed by atoms with E-state index in [2.05, 4.69) is 0 Å². The average molecular weight is 276 g/mol. The summed E-state index contributed by atoms with van der Waals surface area (Å²) in [6.45, 7) is 3.77. The first-order chi connectivity index (χ1) is 7.33. The molecule has 0 aliphatic rings. The minimum atomic E-state index is -4.52. The average Bonchev–Trinajstić information content (AvgIpc) is 1.94. The van der Waals surface area contributed by atoms with Crippen LogP contribution in [0.15, 0.2) is 0 Å². The molecule has 0 saturated carbocycles. The Morgan fingerprint density at radius 2 is 1.71 bits per heavy atom. The summed E-state index contributed by atoms with van der Waals surface area (Å²) >= 11 is 0. The number of sulfone groups is 1. The predicted molar refractivity (Wildman–Crippen MR) is 55.2 cm³/mol. The van der Waals surface area contributed by atoms with Crippen LogP contribution in [0.25, 0.3) is 0 Å². The maximum atomic E-state index is 11.9. The molecule has 0 N–H and O–H groups in total. The Labute approximate surface area is 98.1 Å². The first-order valence-corrected chi connectivity index (χ1v) is 6.62. The van der Waals surface area contributed by atoms with E-state index in [1.54, 1.807) is 0 Å². The monoisotopic (exact) mass is 276 g/mol. The summed E-state index contributed by atoms with van der Waals surface area (Å²) in [5.41, 5.74) is -1.32. The summed E-state index contributed by atoms with van der Waals surface area (Å²) in [6, 6.07) is 0. The van der Waals surface area contributed by atoms with Crippen LogP contribution in [0.5, 0.6) is 0 Å². The van der Waals surface area contributed by atoms with Crippen LogP contribution in [0, 0.1) is 0 Å². The second kappa shape index (κ2) is 5.24. The van der Waals surface area contributed by atoms with Crippen LogP contribution in [0.1, 0.15) is 27.2 Å². The van der Waals surface area contributed by atoms with Crippen molar-refractivity contribution in [1.82, 2.24) is 0 Å². The van der Waals surface area contributed by atoms with Crippen LogP contribution in [-0.4, -0.2) is 37.7 Å². The van der Waals surface area contributed by atoms with E-state index in [1.165, 1.54) is 13.8 Å². The number of ether oxygens (including phenoxy) is 1. The van der Waals surface area contributed by atoms with Gasteiger partial charge in [0.25, 0.3) is 0 Å². The van der Waals surface area contributed by atoms with E-state index in [9.17, 15) is 26.4 Å². The molecule has 0 spiro atoms. The highest BCUT2D eigenvalue weighted by Crippen LogP contribution is 2.22. The van der Waals surface area contributed by atoms with Crippen LogP contribution < -0.4 is 0 Å². The molecular formula is C9H15F3O4S. The Hall–Kier alpha value is -0.790. The lowest BCUT2D eigenvalue weighted by Crippen LogP contribution is -2.36. The Morgan fingerprint density at radius 3 is 2.06 bits per heavy atom. The van der Waals surface area contributed by atoms with Gasteiger partial charge in [-0.1, -0.05) is 0 Å². The van der Waals surface area contributed by atoms with Crippen molar-refractivity contribution in [1.29, 1.82) is 0 Å². The molecule has 0 atom stereocenters. The quantitative estimate of drug-likeness (QED) is 0.717. The normalized spacial score (nSPS) is 13.5. The number of esters is 1. The topological polar surface area (TPSA) is 60.4 Å². The molecule has 0 rings (SSSR count). The highest BCUT2D eigenvalue weighted by molar-refractivity contribution is 7.91. The van der Waals surface area contributed by atoms with E-state index >= 15 is 0 Å². The van der Waals surface area contributed by atoms with Gasteiger partial charge < -0.3 is 4.74 Å². The highest BCUT2D eigenvalue weighted by atomic mass is 32.2. The zero-order valence-corrected chi connectivity index (χ0v) is 10.6. The van der Waals surface area contributed by atoms with Gasteiger partial charge in [0.15, 0.2) is 9.84 Å². The SMILES string of the molecule is CC(=O)OC(C)(C)CS(=O)(=O)CCC(F)(F)F. The van der Waals surface area contributed by atoms with Gasteiger partial charge in [0.2, 0.25) is 0 Å². The third kappa shape index (κ3) is 8.96. The van der Waals surface area contributed by atoms with Crippen molar-refractivity contribution < 1.29 is 31.1 Å². The Balaban J connectivity index is 4.50. The molecule has 8 heteroatoms. The fraction of sp³-hybridized carbons (Fsp3) is 0.889. The molecule has 4 nitrogen and oxygen atoms in total. The summed E-state index contributed by atoms with van der Waals surface area (Å²) in [4.78, 5) is 10.7. The van der Waals surface area contributed by atoms with Crippen molar-refractivity contribution in [2.45, 2.75) is 39.0 Å².